The van der Waals surface area contributed by atoms with Crippen LogP contribution in [0.5, 0.6) is 0 Å². The maximum atomic E-state index is 12.4. The van der Waals surface area contributed by atoms with Crippen LogP contribution in [0.2, 0.25) is 0 Å². The summed E-state index contributed by atoms with van der Waals surface area (Å²) in [5.41, 5.74) is 0. The number of rotatable bonds is 6. The zero-order chi connectivity index (χ0) is 13.8. The molecule has 1 N–H and O–H groups in total. The molecule has 1 aliphatic heterocycles. The molecule has 0 aromatic rings. The number of hydrogen-bond acceptors (Lipinski definition) is 3. The summed E-state index contributed by atoms with van der Waals surface area (Å²) in [6.45, 7) is 6.56. The topological polar surface area (TPSA) is 58.6 Å². The molecule has 108 valence electrons. The van der Waals surface area contributed by atoms with Crippen molar-refractivity contribution < 1.29 is 14.3 Å². The number of nitrogens with zero attached hydrogens (tertiary/aromatic N) is 1. The van der Waals surface area contributed by atoms with Crippen LogP contribution >= 0.6 is 0 Å². The summed E-state index contributed by atoms with van der Waals surface area (Å²) < 4.78 is 5.53. The zero-order valence-corrected chi connectivity index (χ0v) is 11.9. The predicted octanol–water partition coefficient (Wildman–Crippen LogP) is 0.786. The van der Waals surface area contributed by atoms with Crippen molar-refractivity contribution in [2.75, 3.05) is 26.3 Å². The van der Waals surface area contributed by atoms with Crippen LogP contribution in [-0.4, -0.2) is 49.1 Å². The quantitative estimate of drug-likeness (QED) is 0.724. The van der Waals surface area contributed by atoms with Gasteiger partial charge in [-0.05, 0) is 24.7 Å². The highest BCUT2D eigenvalue weighted by atomic mass is 16.5. The predicted molar refractivity (Wildman–Crippen MR) is 71.5 cm³/mol. The number of carbonyl (C=O) groups excluding carboxylic acids is 2. The highest BCUT2D eigenvalue weighted by molar-refractivity contribution is 5.90. The molecule has 1 saturated heterocycles. The Hall–Kier alpha value is -1.10. The Morgan fingerprint density at radius 1 is 1.37 bits per heavy atom. The largest absolute Gasteiger partial charge is 0.379 e. The standard InChI is InChI=1S/C14H24N2O3/c1-10(2)9-19-8-7-16-6-5-12(17)15-13(14(16)18)11-3-4-11/h10-11,13H,3-9H2,1-2H3,(H,15,17). The van der Waals surface area contributed by atoms with Crippen molar-refractivity contribution in [2.45, 2.75) is 39.2 Å². The molecule has 2 fully saturated rings. The molecule has 1 aliphatic carbocycles. The second-order valence-corrected chi connectivity index (χ2v) is 5.93. The van der Waals surface area contributed by atoms with Crippen molar-refractivity contribution in [1.29, 1.82) is 0 Å². The minimum atomic E-state index is -0.292. The van der Waals surface area contributed by atoms with E-state index >= 15 is 0 Å². The van der Waals surface area contributed by atoms with Crippen LogP contribution in [0.1, 0.15) is 33.1 Å². The second kappa shape index (κ2) is 6.37. The van der Waals surface area contributed by atoms with Crippen molar-refractivity contribution in [1.82, 2.24) is 10.2 Å². The Morgan fingerprint density at radius 2 is 2.11 bits per heavy atom. The van der Waals surface area contributed by atoms with Crippen molar-refractivity contribution in [3.8, 4) is 0 Å². The molecule has 0 spiro atoms. The molecule has 19 heavy (non-hydrogen) atoms. The third-order valence-electron chi connectivity index (χ3n) is 3.55. The minimum absolute atomic E-state index is 0.00384. The normalized spacial score (nSPS) is 24.6. The average molecular weight is 268 g/mol. The van der Waals surface area contributed by atoms with E-state index in [0.717, 1.165) is 12.8 Å². The zero-order valence-electron chi connectivity index (χ0n) is 11.9. The molecule has 0 radical (unpaired) electrons. The molecule has 5 nitrogen and oxygen atoms in total. The van der Waals surface area contributed by atoms with Gasteiger partial charge in [-0.2, -0.15) is 0 Å². The molecule has 0 aromatic heterocycles. The molecule has 1 unspecified atom stereocenters. The van der Waals surface area contributed by atoms with Crippen LogP contribution in [0.3, 0.4) is 0 Å². The van der Waals surface area contributed by atoms with E-state index in [1.165, 1.54) is 0 Å². The Balaban J connectivity index is 1.83. The molecule has 0 bridgehead atoms. The van der Waals surface area contributed by atoms with Crippen LogP contribution in [0.4, 0.5) is 0 Å². The number of hydrogen-bond donors (Lipinski definition) is 1. The van der Waals surface area contributed by atoms with Crippen molar-refractivity contribution in [3.63, 3.8) is 0 Å². The smallest absolute Gasteiger partial charge is 0.245 e. The third kappa shape index (κ3) is 4.20. The summed E-state index contributed by atoms with van der Waals surface area (Å²) in [4.78, 5) is 25.8. The van der Waals surface area contributed by atoms with E-state index in [2.05, 4.69) is 19.2 Å². The monoisotopic (exact) mass is 268 g/mol. The first-order valence-electron chi connectivity index (χ1n) is 7.24. The molecular formula is C14H24N2O3. The van der Waals surface area contributed by atoms with E-state index in [9.17, 15) is 9.59 Å². The number of ether oxygens (including phenoxy) is 1. The van der Waals surface area contributed by atoms with E-state index in [-0.39, 0.29) is 17.9 Å². The highest BCUT2D eigenvalue weighted by Gasteiger charge is 2.40. The fraction of sp³-hybridized carbons (Fsp3) is 0.857. The molecule has 0 aromatic carbocycles. The second-order valence-electron chi connectivity index (χ2n) is 5.93. The fourth-order valence-electron chi connectivity index (χ4n) is 2.32. The lowest BCUT2D eigenvalue weighted by Gasteiger charge is -2.24. The number of amides is 2. The molecule has 2 aliphatic rings. The van der Waals surface area contributed by atoms with E-state index in [0.29, 0.717) is 44.6 Å². The Kier molecular flexibility index (Phi) is 4.80. The molecule has 5 heteroatoms. The van der Waals surface area contributed by atoms with Crippen LogP contribution in [0.15, 0.2) is 0 Å². The fourth-order valence-corrected chi connectivity index (χ4v) is 2.32. The maximum absolute atomic E-state index is 12.4. The van der Waals surface area contributed by atoms with Gasteiger partial charge in [-0.15, -0.1) is 0 Å². The van der Waals surface area contributed by atoms with E-state index in [1.54, 1.807) is 4.90 Å². The van der Waals surface area contributed by atoms with Crippen LogP contribution in [-0.2, 0) is 14.3 Å². The first-order chi connectivity index (χ1) is 9.08. The lowest BCUT2D eigenvalue weighted by atomic mass is 10.1. The summed E-state index contributed by atoms with van der Waals surface area (Å²) in [5.74, 6) is 0.924. The first kappa shape index (κ1) is 14.3. The van der Waals surface area contributed by atoms with Gasteiger partial charge in [-0.3, -0.25) is 9.59 Å². The molecule has 1 atom stereocenters. The molecular weight excluding hydrogens is 244 g/mol. The lowest BCUT2D eigenvalue weighted by molar-refractivity contribution is -0.134. The van der Waals surface area contributed by atoms with Crippen LogP contribution < -0.4 is 5.32 Å². The van der Waals surface area contributed by atoms with Gasteiger partial charge in [0.2, 0.25) is 11.8 Å². The van der Waals surface area contributed by atoms with Gasteiger partial charge in [0.1, 0.15) is 6.04 Å². The third-order valence-corrected chi connectivity index (χ3v) is 3.55. The van der Waals surface area contributed by atoms with Crippen LogP contribution in [0.25, 0.3) is 0 Å². The summed E-state index contributed by atoms with van der Waals surface area (Å²) in [6, 6.07) is -0.292. The van der Waals surface area contributed by atoms with Gasteiger partial charge < -0.3 is 15.0 Å². The van der Waals surface area contributed by atoms with Gasteiger partial charge in [0, 0.05) is 26.1 Å². The van der Waals surface area contributed by atoms with E-state index in [4.69, 9.17) is 4.74 Å². The maximum Gasteiger partial charge on any atom is 0.245 e. The van der Waals surface area contributed by atoms with E-state index < -0.39 is 0 Å². The van der Waals surface area contributed by atoms with Crippen LogP contribution in [0, 0.1) is 11.8 Å². The van der Waals surface area contributed by atoms with Gasteiger partial charge in [-0.1, -0.05) is 13.8 Å². The summed E-state index contributed by atoms with van der Waals surface area (Å²) in [7, 11) is 0. The van der Waals surface area contributed by atoms with Crippen molar-refractivity contribution >= 4 is 11.8 Å². The van der Waals surface area contributed by atoms with Gasteiger partial charge in [0.15, 0.2) is 0 Å². The molecule has 1 saturated carbocycles. The van der Waals surface area contributed by atoms with Crippen molar-refractivity contribution in [3.05, 3.63) is 0 Å². The van der Waals surface area contributed by atoms with Gasteiger partial charge in [0.05, 0.1) is 6.61 Å². The number of nitrogens with one attached hydrogen (secondary N) is 1. The van der Waals surface area contributed by atoms with Gasteiger partial charge in [0.25, 0.3) is 0 Å². The van der Waals surface area contributed by atoms with Gasteiger partial charge >= 0.3 is 0 Å². The minimum Gasteiger partial charge on any atom is -0.379 e. The average Bonchev–Trinajstić information content (AvgIpc) is 3.17. The molecule has 2 rings (SSSR count). The Labute approximate surface area is 114 Å². The molecule has 1 heterocycles. The highest BCUT2D eigenvalue weighted by Crippen LogP contribution is 2.34. The van der Waals surface area contributed by atoms with Crippen molar-refractivity contribution in [2.24, 2.45) is 11.8 Å². The SMILES string of the molecule is CC(C)COCCN1CCC(=O)NC(C2CC2)C1=O. The number of carbonyl (C=O) groups is 2. The Morgan fingerprint density at radius 3 is 2.74 bits per heavy atom. The Bertz CT molecular complexity index is 340. The summed E-state index contributed by atoms with van der Waals surface area (Å²) in [5, 5.41) is 2.86. The van der Waals surface area contributed by atoms with E-state index in [1.807, 2.05) is 0 Å². The molecule has 2 amide bonds. The van der Waals surface area contributed by atoms with Gasteiger partial charge in [-0.25, -0.2) is 0 Å². The lowest BCUT2D eigenvalue weighted by Crippen LogP contribution is -2.46. The first-order valence-corrected chi connectivity index (χ1v) is 7.24. The summed E-state index contributed by atoms with van der Waals surface area (Å²) >= 11 is 0. The summed E-state index contributed by atoms with van der Waals surface area (Å²) in [6.07, 6.45) is 2.50.